The lowest BCUT2D eigenvalue weighted by Crippen LogP contribution is -2.42. The highest BCUT2D eigenvalue weighted by atomic mass is 79.9. The summed E-state index contributed by atoms with van der Waals surface area (Å²) in [6.45, 7) is 2.39. The van der Waals surface area contributed by atoms with Gasteiger partial charge in [-0.15, -0.1) is 0 Å². The third-order valence-corrected chi connectivity index (χ3v) is 5.02. The fourth-order valence-electron chi connectivity index (χ4n) is 1.70. The molecule has 90 valence electrons. The predicted octanol–water partition coefficient (Wildman–Crippen LogP) is 2.03. The zero-order valence-corrected chi connectivity index (χ0v) is 10.8. The van der Waals surface area contributed by atoms with Crippen LogP contribution in [0, 0.1) is 5.92 Å². The van der Waals surface area contributed by atoms with E-state index in [0.29, 0.717) is 23.6 Å². The molecule has 3 nitrogen and oxygen atoms in total. The summed E-state index contributed by atoms with van der Waals surface area (Å²) in [5.41, 5.74) is 0. The van der Waals surface area contributed by atoms with Crippen molar-refractivity contribution in [2.24, 2.45) is 5.92 Å². The van der Waals surface area contributed by atoms with Gasteiger partial charge < -0.3 is 0 Å². The molecule has 0 spiro atoms. The van der Waals surface area contributed by atoms with Crippen LogP contribution in [0.5, 0.6) is 0 Å². The highest BCUT2D eigenvalue weighted by Gasteiger charge is 2.35. The maximum absolute atomic E-state index is 12.2. The molecule has 1 heterocycles. The van der Waals surface area contributed by atoms with Gasteiger partial charge in [-0.2, -0.15) is 13.1 Å². The lowest BCUT2D eigenvalue weighted by molar-refractivity contribution is 0.204. The minimum Gasteiger partial charge on any atom is -0.206 e. The summed E-state index contributed by atoms with van der Waals surface area (Å²) >= 11 is 3.42. The summed E-state index contributed by atoms with van der Waals surface area (Å²) in [6, 6.07) is 0. The Kier molecular flexibility index (Phi) is 4.49. The molecule has 0 aromatic carbocycles. The minimum atomic E-state index is -4.36. The van der Waals surface area contributed by atoms with Crippen LogP contribution in [0.25, 0.3) is 0 Å². The zero-order valence-electron chi connectivity index (χ0n) is 8.37. The quantitative estimate of drug-likeness (QED) is 0.748. The number of hydrogen-bond donors (Lipinski definition) is 0. The molecular formula is C8H14BrF2NO2S. The Hall–Kier alpha value is 0.250. The molecule has 0 radical (unpaired) electrons. The molecule has 1 aliphatic heterocycles. The molecule has 0 aromatic heterocycles. The van der Waals surface area contributed by atoms with E-state index in [1.807, 2.05) is 6.92 Å². The van der Waals surface area contributed by atoms with E-state index in [9.17, 15) is 17.2 Å². The van der Waals surface area contributed by atoms with Crippen molar-refractivity contribution in [2.45, 2.75) is 30.4 Å². The maximum Gasteiger partial charge on any atom is 0.350 e. The van der Waals surface area contributed by atoms with Gasteiger partial charge in [-0.25, -0.2) is 8.42 Å². The Morgan fingerprint density at radius 2 is 1.80 bits per heavy atom. The standard InChI is InChI=1S/C8H14BrF2NO2S/c1-6(9)7-2-4-12(5-3-7)15(13,14)8(10)11/h6-8H,2-5H2,1H3. The van der Waals surface area contributed by atoms with Crippen LogP contribution >= 0.6 is 15.9 Å². The Balaban J connectivity index is 2.58. The molecule has 0 N–H and O–H groups in total. The molecule has 1 atom stereocenters. The van der Waals surface area contributed by atoms with Gasteiger partial charge in [0.25, 0.3) is 10.0 Å². The first kappa shape index (κ1) is 13.3. The summed E-state index contributed by atoms with van der Waals surface area (Å²) in [5, 5.41) is 0. The topological polar surface area (TPSA) is 37.4 Å². The van der Waals surface area contributed by atoms with Crippen LogP contribution in [0.15, 0.2) is 0 Å². The van der Waals surface area contributed by atoms with E-state index < -0.39 is 15.8 Å². The second-order valence-electron chi connectivity index (χ2n) is 3.72. The first-order valence-electron chi connectivity index (χ1n) is 4.77. The van der Waals surface area contributed by atoms with Gasteiger partial charge in [-0.3, -0.25) is 0 Å². The maximum atomic E-state index is 12.2. The molecule has 0 aliphatic carbocycles. The van der Waals surface area contributed by atoms with Crippen LogP contribution in [0.4, 0.5) is 8.78 Å². The van der Waals surface area contributed by atoms with E-state index in [-0.39, 0.29) is 13.1 Å². The van der Waals surface area contributed by atoms with E-state index >= 15 is 0 Å². The predicted molar refractivity (Wildman–Crippen MR) is 57.6 cm³/mol. The Labute approximate surface area is 97.0 Å². The van der Waals surface area contributed by atoms with E-state index in [1.165, 1.54) is 0 Å². The van der Waals surface area contributed by atoms with Crippen LogP contribution in [0.3, 0.4) is 0 Å². The van der Waals surface area contributed by atoms with Crippen molar-refractivity contribution in [1.82, 2.24) is 4.31 Å². The van der Waals surface area contributed by atoms with E-state index in [0.717, 1.165) is 4.31 Å². The largest absolute Gasteiger partial charge is 0.350 e. The number of rotatable bonds is 3. The molecule has 1 aliphatic rings. The van der Waals surface area contributed by atoms with Crippen molar-refractivity contribution in [3.05, 3.63) is 0 Å². The van der Waals surface area contributed by atoms with Crippen LogP contribution in [0.1, 0.15) is 19.8 Å². The Morgan fingerprint density at radius 3 is 2.13 bits per heavy atom. The summed E-state index contributed by atoms with van der Waals surface area (Å²) < 4.78 is 47.6. The van der Waals surface area contributed by atoms with Gasteiger partial charge in [-0.05, 0) is 18.8 Å². The van der Waals surface area contributed by atoms with Gasteiger partial charge >= 0.3 is 5.76 Å². The first-order chi connectivity index (χ1) is 6.85. The summed E-state index contributed by atoms with van der Waals surface area (Å²) in [6.07, 6.45) is 1.27. The fourth-order valence-corrected chi connectivity index (χ4v) is 3.18. The molecular weight excluding hydrogens is 292 g/mol. The number of hydrogen-bond acceptors (Lipinski definition) is 2. The number of nitrogens with zero attached hydrogens (tertiary/aromatic N) is 1. The summed E-state index contributed by atoms with van der Waals surface area (Å²) in [4.78, 5) is 0.300. The molecule has 0 aromatic rings. The minimum absolute atomic E-state index is 0.202. The number of halogens is 3. The molecule has 7 heteroatoms. The normalized spacial score (nSPS) is 23.3. The number of alkyl halides is 3. The van der Waals surface area contributed by atoms with Crippen molar-refractivity contribution in [1.29, 1.82) is 0 Å². The van der Waals surface area contributed by atoms with Crippen molar-refractivity contribution in [3.8, 4) is 0 Å². The summed E-state index contributed by atoms with van der Waals surface area (Å²) in [7, 11) is -4.36. The van der Waals surface area contributed by atoms with Gasteiger partial charge in [0.1, 0.15) is 0 Å². The van der Waals surface area contributed by atoms with E-state index in [2.05, 4.69) is 15.9 Å². The Morgan fingerprint density at radius 1 is 1.33 bits per heavy atom. The van der Waals surface area contributed by atoms with Gasteiger partial charge in [-0.1, -0.05) is 22.9 Å². The summed E-state index contributed by atoms with van der Waals surface area (Å²) in [5.74, 6) is -2.93. The smallest absolute Gasteiger partial charge is 0.206 e. The molecule has 1 fully saturated rings. The fraction of sp³-hybridized carbons (Fsp3) is 1.00. The van der Waals surface area contributed by atoms with Crippen LogP contribution in [-0.2, 0) is 10.0 Å². The molecule has 0 saturated carbocycles. The second-order valence-corrected chi connectivity index (χ2v) is 7.07. The molecule has 0 bridgehead atoms. The third-order valence-electron chi connectivity index (χ3n) is 2.73. The highest BCUT2D eigenvalue weighted by molar-refractivity contribution is 9.09. The second kappa shape index (κ2) is 5.05. The third kappa shape index (κ3) is 3.10. The van der Waals surface area contributed by atoms with E-state index in [1.54, 1.807) is 0 Å². The zero-order chi connectivity index (χ0) is 11.6. The average Bonchev–Trinajstić information content (AvgIpc) is 2.17. The lowest BCUT2D eigenvalue weighted by atomic mass is 9.96. The Bertz CT molecular complexity index is 300. The van der Waals surface area contributed by atoms with Gasteiger partial charge in [0, 0.05) is 17.9 Å². The van der Waals surface area contributed by atoms with Crippen LogP contribution in [0.2, 0.25) is 0 Å². The molecule has 1 saturated heterocycles. The van der Waals surface area contributed by atoms with Crippen LogP contribution in [-0.4, -0.2) is 36.4 Å². The van der Waals surface area contributed by atoms with Gasteiger partial charge in [0.15, 0.2) is 0 Å². The average molecular weight is 306 g/mol. The van der Waals surface area contributed by atoms with Crippen molar-refractivity contribution in [3.63, 3.8) is 0 Å². The van der Waals surface area contributed by atoms with Crippen molar-refractivity contribution in [2.75, 3.05) is 13.1 Å². The first-order valence-corrected chi connectivity index (χ1v) is 7.18. The van der Waals surface area contributed by atoms with Crippen LogP contribution < -0.4 is 0 Å². The van der Waals surface area contributed by atoms with E-state index in [4.69, 9.17) is 0 Å². The SMILES string of the molecule is CC(Br)C1CCN(S(=O)(=O)C(F)F)CC1. The lowest BCUT2D eigenvalue weighted by Gasteiger charge is -2.32. The number of piperidine rings is 1. The van der Waals surface area contributed by atoms with Crippen molar-refractivity contribution >= 4 is 26.0 Å². The van der Waals surface area contributed by atoms with Gasteiger partial charge in [0.05, 0.1) is 0 Å². The molecule has 0 amide bonds. The van der Waals surface area contributed by atoms with Gasteiger partial charge in [0.2, 0.25) is 0 Å². The molecule has 1 unspecified atom stereocenters. The molecule has 1 rings (SSSR count). The highest BCUT2D eigenvalue weighted by Crippen LogP contribution is 2.27. The monoisotopic (exact) mass is 305 g/mol. The van der Waals surface area contributed by atoms with Crippen molar-refractivity contribution < 1.29 is 17.2 Å². The number of sulfonamides is 1. The molecule has 15 heavy (non-hydrogen) atoms.